The molecule has 0 spiro atoms. The van der Waals surface area contributed by atoms with E-state index in [9.17, 15) is 0 Å². The minimum Gasteiger partial charge on any atom is -0.0888 e. The molecule has 1 unspecified atom stereocenters. The van der Waals surface area contributed by atoms with Gasteiger partial charge in [0.2, 0.25) is 0 Å². The topological polar surface area (TPSA) is 0 Å². The van der Waals surface area contributed by atoms with Gasteiger partial charge in [0.05, 0.1) is 0 Å². The first-order chi connectivity index (χ1) is 6.31. The molecule has 1 radical (unpaired) electrons. The molecule has 0 aliphatic carbocycles. The normalized spacial score (nSPS) is 13.8. The lowest BCUT2D eigenvalue weighted by Crippen LogP contribution is -1.93. The Balaban J connectivity index is 3.10. The van der Waals surface area contributed by atoms with Gasteiger partial charge < -0.3 is 0 Å². The highest BCUT2D eigenvalue weighted by atomic mass is 14.0. The third kappa shape index (κ3) is 9.66. The summed E-state index contributed by atoms with van der Waals surface area (Å²) >= 11 is 0. The number of hydrogen-bond donors (Lipinski definition) is 0. The minimum absolute atomic E-state index is 0.882. The van der Waals surface area contributed by atoms with E-state index in [4.69, 9.17) is 0 Å². The van der Waals surface area contributed by atoms with Crippen LogP contribution in [0, 0.1) is 12.8 Å². The molecule has 0 aliphatic heterocycles. The molecule has 0 amide bonds. The van der Waals surface area contributed by atoms with E-state index < -0.39 is 0 Å². The van der Waals surface area contributed by atoms with Gasteiger partial charge in [-0.2, -0.15) is 0 Å². The molecule has 77 valence electrons. The first kappa shape index (κ1) is 12.7. The van der Waals surface area contributed by atoms with Crippen molar-refractivity contribution < 1.29 is 0 Å². The van der Waals surface area contributed by atoms with Crippen LogP contribution in [0.2, 0.25) is 0 Å². The summed E-state index contributed by atoms with van der Waals surface area (Å²) in [5.74, 6) is 0.882. The average molecular weight is 181 g/mol. The molecule has 0 fully saturated rings. The zero-order valence-corrected chi connectivity index (χ0v) is 9.39. The van der Waals surface area contributed by atoms with Crippen LogP contribution < -0.4 is 0 Å². The Morgan fingerprint density at radius 1 is 1.15 bits per heavy atom. The maximum absolute atomic E-state index is 3.88. The van der Waals surface area contributed by atoms with Crippen LogP contribution in [0.3, 0.4) is 0 Å². The second-order valence-electron chi connectivity index (χ2n) is 3.91. The van der Waals surface area contributed by atoms with Gasteiger partial charge in [0, 0.05) is 0 Å². The van der Waals surface area contributed by atoms with Crippen molar-refractivity contribution in [1.82, 2.24) is 0 Å². The number of allylic oxidation sites excluding steroid dienone is 2. The summed E-state index contributed by atoms with van der Waals surface area (Å²) in [5, 5.41) is 0. The lowest BCUT2D eigenvalue weighted by atomic mass is 9.99. The molecule has 0 aromatic heterocycles. The number of rotatable bonds is 8. The van der Waals surface area contributed by atoms with Crippen molar-refractivity contribution in [3.8, 4) is 0 Å². The summed E-state index contributed by atoms with van der Waals surface area (Å²) in [6.45, 7) is 8.41. The molecule has 0 aromatic rings. The second-order valence-corrected chi connectivity index (χ2v) is 3.91. The molecule has 0 nitrogen and oxygen atoms in total. The van der Waals surface area contributed by atoms with Gasteiger partial charge in [-0.25, -0.2) is 0 Å². The van der Waals surface area contributed by atoms with Gasteiger partial charge in [0.15, 0.2) is 0 Å². The smallest absolute Gasteiger partial charge is 0.0351 e. The van der Waals surface area contributed by atoms with Gasteiger partial charge in [-0.15, -0.1) is 0 Å². The van der Waals surface area contributed by atoms with Crippen LogP contribution in [-0.2, 0) is 0 Å². The van der Waals surface area contributed by atoms with Gasteiger partial charge >= 0.3 is 0 Å². The lowest BCUT2D eigenvalue weighted by molar-refractivity contribution is 0.470. The standard InChI is InChI=1S/C13H25/c1-4-6-7-8-9-10-12-13(3)11-5-2/h6-7,13H,2,4-5,8-12H2,1,3H3/b7-6+. The summed E-state index contributed by atoms with van der Waals surface area (Å²) < 4.78 is 0. The van der Waals surface area contributed by atoms with E-state index in [1.54, 1.807) is 0 Å². The SMILES string of the molecule is [CH2]CCC(C)CCCC/C=C/CC. The van der Waals surface area contributed by atoms with Crippen LogP contribution >= 0.6 is 0 Å². The van der Waals surface area contributed by atoms with Crippen molar-refractivity contribution in [2.75, 3.05) is 0 Å². The minimum atomic E-state index is 0.882. The highest BCUT2D eigenvalue weighted by Gasteiger charge is 1.98. The van der Waals surface area contributed by atoms with E-state index >= 15 is 0 Å². The maximum Gasteiger partial charge on any atom is -0.0351 e. The quantitative estimate of drug-likeness (QED) is 0.374. The first-order valence-electron chi connectivity index (χ1n) is 5.75. The summed E-state index contributed by atoms with van der Waals surface area (Å²) in [4.78, 5) is 0. The third-order valence-corrected chi connectivity index (χ3v) is 2.42. The van der Waals surface area contributed by atoms with Gasteiger partial charge in [0.25, 0.3) is 0 Å². The largest absolute Gasteiger partial charge is 0.0888 e. The molecule has 0 aromatic carbocycles. The highest BCUT2D eigenvalue weighted by molar-refractivity contribution is 4.79. The van der Waals surface area contributed by atoms with Crippen LogP contribution in [0.4, 0.5) is 0 Å². The van der Waals surface area contributed by atoms with E-state index in [1.165, 1.54) is 38.5 Å². The van der Waals surface area contributed by atoms with Crippen molar-refractivity contribution in [1.29, 1.82) is 0 Å². The molecule has 0 N–H and O–H groups in total. The van der Waals surface area contributed by atoms with Gasteiger partial charge in [-0.1, -0.05) is 58.6 Å². The summed E-state index contributed by atoms with van der Waals surface area (Å²) in [6, 6.07) is 0. The Hall–Kier alpha value is -0.260. The molecule has 0 heterocycles. The van der Waals surface area contributed by atoms with E-state index in [1.807, 2.05) is 0 Å². The van der Waals surface area contributed by atoms with Crippen LogP contribution in [0.5, 0.6) is 0 Å². The Labute approximate surface area is 84.4 Å². The molecule has 0 aliphatic rings. The first-order valence-corrected chi connectivity index (χ1v) is 5.75. The number of hydrogen-bond acceptors (Lipinski definition) is 0. The predicted molar refractivity (Wildman–Crippen MR) is 61.7 cm³/mol. The van der Waals surface area contributed by atoms with Crippen molar-refractivity contribution in [3.05, 3.63) is 19.1 Å². The van der Waals surface area contributed by atoms with E-state index in [0.29, 0.717) is 0 Å². The van der Waals surface area contributed by atoms with Crippen LogP contribution in [0.1, 0.15) is 58.8 Å². The second kappa shape index (κ2) is 9.83. The summed E-state index contributed by atoms with van der Waals surface area (Å²) in [7, 11) is 0. The highest BCUT2D eigenvalue weighted by Crippen LogP contribution is 2.14. The van der Waals surface area contributed by atoms with Crippen molar-refractivity contribution >= 4 is 0 Å². The molecule has 0 rings (SSSR count). The van der Waals surface area contributed by atoms with Crippen molar-refractivity contribution in [3.63, 3.8) is 0 Å². The van der Waals surface area contributed by atoms with Crippen molar-refractivity contribution in [2.45, 2.75) is 58.8 Å². The fraction of sp³-hybridized carbons (Fsp3) is 0.769. The molecule has 13 heavy (non-hydrogen) atoms. The molecule has 0 saturated carbocycles. The van der Waals surface area contributed by atoms with E-state index in [-0.39, 0.29) is 0 Å². The summed E-state index contributed by atoms with van der Waals surface area (Å²) in [5.41, 5.74) is 0. The van der Waals surface area contributed by atoms with Crippen LogP contribution in [0.25, 0.3) is 0 Å². The predicted octanol–water partition coefficient (Wildman–Crippen LogP) is 4.76. The van der Waals surface area contributed by atoms with Gasteiger partial charge in [-0.05, 0) is 25.2 Å². The summed E-state index contributed by atoms with van der Waals surface area (Å²) in [6.07, 6.45) is 13.5. The maximum atomic E-state index is 3.88. The lowest BCUT2D eigenvalue weighted by Gasteiger charge is -2.08. The van der Waals surface area contributed by atoms with Gasteiger partial charge in [0.1, 0.15) is 0 Å². The Morgan fingerprint density at radius 3 is 2.54 bits per heavy atom. The fourth-order valence-electron chi connectivity index (χ4n) is 1.53. The Morgan fingerprint density at radius 2 is 1.92 bits per heavy atom. The third-order valence-electron chi connectivity index (χ3n) is 2.42. The Bertz CT molecular complexity index is 113. The molecule has 1 atom stereocenters. The molecule has 0 heteroatoms. The fourth-order valence-corrected chi connectivity index (χ4v) is 1.53. The van der Waals surface area contributed by atoms with E-state index in [0.717, 1.165) is 12.3 Å². The number of unbranched alkanes of at least 4 members (excludes halogenated alkanes) is 2. The molecular formula is C13H25. The molecular weight excluding hydrogens is 156 g/mol. The zero-order valence-electron chi connectivity index (χ0n) is 9.39. The monoisotopic (exact) mass is 181 g/mol. The average Bonchev–Trinajstić information content (AvgIpc) is 2.11. The Kier molecular flexibility index (Phi) is 9.63. The molecule has 0 bridgehead atoms. The van der Waals surface area contributed by atoms with Crippen LogP contribution in [-0.4, -0.2) is 0 Å². The molecule has 0 saturated heterocycles. The van der Waals surface area contributed by atoms with E-state index in [2.05, 4.69) is 32.9 Å². The van der Waals surface area contributed by atoms with Crippen molar-refractivity contribution in [2.24, 2.45) is 5.92 Å². The zero-order chi connectivity index (χ0) is 9.94. The van der Waals surface area contributed by atoms with Crippen LogP contribution in [0.15, 0.2) is 12.2 Å². The van der Waals surface area contributed by atoms with Gasteiger partial charge in [-0.3, -0.25) is 0 Å².